The van der Waals surface area contributed by atoms with Crippen LogP contribution in [0.4, 0.5) is 0 Å². The number of hydrogen-bond donors (Lipinski definition) is 0. The van der Waals surface area contributed by atoms with Crippen LogP contribution in [0.3, 0.4) is 0 Å². The van der Waals surface area contributed by atoms with E-state index in [2.05, 4.69) is 15.9 Å². The van der Waals surface area contributed by atoms with Crippen LogP contribution in [0.5, 0.6) is 5.75 Å². The molecule has 0 spiro atoms. The molecule has 1 nitrogen and oxygen atoms in total. The smallest absolute Gasteiger partial charge is 0.133 e. The van der Waals surface area contributed by atoms with E-state index < -0.39 is 0 Å². The van der Waals surface area contributed by atoms with Crippen molar-refractivity contribution in [2.75, 3.05) is 6.61 Å². The van der Waals surface area contributed by atoms with Crippen LogP contribution in [0.25, 0.3) is 0 Å². The molecule has 0 aliphatic rings. The van der Waals surface area contributed by atoms with Gasteiger partial charge in [-0.3, -0.25) is 0 Å². The first-order chi connectivity index (χ1) is 9.52. The molecule has 0 saturated carbocycles. The molecule has 0 aliphatic heterocycles. The minimum Gasteiger partial charge on any atom is -0.493 e. The summed E-state index contributed by atoms with van der Waals surface area (Å²) in [5.74, 6) is 0.800. The third-order valence-corrected chi connectivity index (χ3v) is 4.65. The zero-order chi connectivity index (χ0) is 14.7. The maximum Gasteiger partial charge on any atom is 0.133 e. The van der Waals surface area contributed by atoms with E-state index in [9.17, 15) is 0 Å². The van der Waals surface area contributed by atoms with Gasteiger partial charge in [0.15, 0.2) is 0 Å². The van der Waals surface area contributed by atoms with Crippen molar-refractivity contribution in [3.8, 4) is 5.75 Å². The third-order valence-electron chi connectivity index (χ3n) is 2.78. The molecule has 1 atom stereocenters. The lowest BCUT2D eigenvalue weighted by Gasteiger charge is -2.13. The molecule has 2 aromatic carbocycles. The summed E-state index contributed by atoms with van der Waals surface area (Å²) >= 11 is 21.9. The average Bonchev–Trinajstić information content (AvgIpc) is 2.43. The highest BCUT2D eigenvalue weighted by atomic mass is 79.9. The quantitative estimate of drug-likeness (QED) is 0.539. The number of rotatable bonds is 4. The highest BCUT2D eigenvalue weighted by molar-refractivity contribution is 9.10. The van der Waals surface area contributed by atoms with Crippen LogP contribution < -0.4 is 4.74 Å². The molecular weight excluding hydrogens is 382 g/mol. The molecule has 20 heavy (non-hydrogen) atoms. The van der Waals surface area contributed by atoms with Gasteiger partial charge in [-0.15, -0.1) is 11.6 Å². The van der Waals surface area contributed by atoms with Crippen molar-refractivity contribution in [1.82, 2.24) is 0 Å². The standard InChI is InChI=1S/C15H12BrCl3O/c1-2-20-14-6-4-9(7-11(14)16)15(19)10-3-5-12(17)13(18)8-10/h3-8,15H,2H2,1H3. The minimum atomic E-state index is -0.295. The van der Waals surface area contributed by atoms with Gasteiger partial charge in [-0.05, 0) is 58.2 Å². The zero-order valence-corrected chi connectivity index (χ0v) is 14.5. The fraction of sp³-hybridized carbons (Fsp3) is 0.200. The van der Waals surface area contributed by atoms with Gasteiger partial charge in [0.2, 0.25) is 0 Å². The summed E-state index contributed by atoms with van der Waals surface area (Å²) in [6.45, 7) is 2.56. The van der Waals surface area contributed by atoms with Crippen molar-refractivity contribution in [1.29, 1.82) is 0 Å². The summed E-state index contributed by atoms with van der Waals surface area (Å²) in [5.41, 5.74) is 1.86. The summed E-state index contributed by atoms with van der Waals surface area (Å²) in [6.07, 6.45) is 0. The molecule has 106 valence electrons. The Kier molecular flexibility index (Phi) is 5.62. The Morgan fingerprint density at radius 1 is 1.05 bits per heavy atom. The van der Waals surface area contributed by atoms with Gasteiger partial charge in [-0.25, -0.2) is 0 Å². The summed E-state index contributed by atoms with van der Waals surface area (Å²) in [6, 6.07) is 11.2. The van der Waals surface area contributed by atoms with Gasteiger partial charge in [0, 0.05) is 0 Å². The lowest BCUT2D eigenvalue weighted by atomic mass is 10.0. The van der Waals surface area contributed by atoms with Crippen LogP contribution in [0.1, 0.15) is 23.4 Å². The van der Waals surface area contributed by atoms with E-state index >= 15 is 0 Å². The van der Waals surface area contributed by atoms with Crippen molar-refractivity contribution >= 4 is 50.7 Å². The second kappa shape index (κ2) is 7.04. The molecule has 2 rings (SSSR count). The number of ether oxygens (including phenoxy) is 1. The molecule has 0 bridgehead atoms. The summed E-state index contributed by atoms with van der Waals surface area (Å²) in [7, 11) is 0. The number of halogens is 4. The van der Waals surface area contributed by atoms with Crippen molar-refractivity contribution in [2.24, 2.45) is 0 Å². The SMILES string of the molecule is CCOc1ccc(C(Cl)c2ccc(Cl)c(Cl)c2)cc1Br. The zero-order valence-electron chi connectivity index (χ0n) is 10.7. The molecule has 5 heteroatoms. The number of benzene rings is 2. The van der Waals surface area contributed by atoms with Crippen molar-refractivity contribution < 1.29 is 4.74 Å². The molecule has 2 aromatic rings. The Bertz CT molecular complexity index is 616. The van der Waals surface area contributed by atoms with Gasteiger partial charge in [-0.1, -0.05) is 35.3 Å². The Morgan fingerprint density at radius 2 is 1.70 bits per heavy atom. The largest absolute Gasteiger partial charge is 0.493 e. The first-order valence-corrected chi connectivity index (χ1v) is 8.02. The van der Waals surface area contributed by atoms with Gasteiger partial charge >= 0.3 is 0 Å². The molecule has 1 unspecified atom stereocenters. The van der Waals surface area contributed by atoms with E-state index in [1.54, 1.807) is 12.1 Å². The lowest BCUT2D eigenvalue weighted by molar-refractivity contribution is 0.338. The number of hydrogen-bond acceptors (Lipinski definition) is 1. The van der Waals surface area contributed by atoms with Crippen molar-refractivity contribution in [3.05, 3.63) is 62.0 Å². The van der Waals surface area contributed by atoms with E-state index in [4.69, 9.17) is 39.5 Å². The Balaban J connectivity index is 2.30. The van der Waals surface area contributed by atoms with Gasteiger partial charge in [0.1, 0.15) is 5.75 Å². The second-order valence-corrected chi connectivity index (χ2v) is 6.26. The van der Waals surface area contributed by atoms with Crippen LogP contribution in [-0.2, 0) is 0 Å². The van der Waals surface area contributed by atoms with Gasteiger partial charge < -0.3 is 4.74 Å². The highest BCUT2D eigenvalue weighted by Gasteiger charge is 2.14. The Labute approximate surface area is 141 Å². The second-order valence-electron chi connectivity index (χ2n) is 4.16. The summed E-state index contributed by atoms with van der Waals surface area (Å²) in [4.78, 5) is 0. The molecule has 0 heterocycles. The number of alkyl halides is 1. The molecule has 0 saturated heterocycles. The van der Waals surface area contributed by atoms with Crippen LogP contribution in [0.15, 0.2) is 40.9 Å². The first kappa shape index (κ1) is 16.0. The van der Waals surface area contributed by atoms with E-state index in [-0.39, 0.29) is 5.38 Å². The topological polar surface area (TPSA) is 9.23 Å². The van der Waals surface area contributed by atoms with E-state index in [0.29, 0.717) is 16.7 Å². The van der Waals surface area contributed by atoms with Gasteiger partial charge in [0.25, 0.3) is 0 Å². The molecular formula is C15H12BrCl3O. The van der Waals surface area contributed by atoms with Crippen molar-refractivity contribution in [3.63, 3.8) is 0 Å². The third kappa shape index (κ3) is 3.62. The summed E-state index contributed by atoms with van der Waals surface area (Å²) in [5, 5.41) is 0.726. The van der Waals surface area contributed by atoms with E-state index in [1.807, 2.05) is 31.2 Å². The van der Waals surface area contributed by atoms with Crippen molar-refractivity contribution in [2.45, 2.75) is 12.3 Å². The van der Waals surface area contributed by atoms with Crippen LogP contribution in [-0.4, -0.2) is 6.61 Å². The normalized spacial score (nSPS) is 12.2. The maximum absolute atomic E-state index is 6.49. The minimum absolute atomic E-state index is 0.295. The molecule has 0 N–H and O–H groups in total. The van der Waals surface area contributed by atoms with Crippen LogP contribution in [0, 0.1) is 0 Å². The van der Waals surface area contributed by atoms with Gasteiger partial charge in [-0.2, -0.15) is 0 Å². The van der Waals surface area contributed by atoms with Crippen LogP contribution in [0.2, 0.25) is 10.0 Å². The molecule has 0 aromatic heterocycles. The van der Waals surface area contributed by atoms with E-state index in [1.165, 1.54) is 0 Å². The monoisotopic (exact) mass is 392 g/mol. The Morgan fingerprint density at radius 3 is 2.30 bits per heavy atom. The fourth-order valence-corrected chi connectivity index (χ4v) is 2.90. The summed E-state index contributed by atoms with van der Waals surface area (Å²) < 4.78 is 6.36. The Hall–Kier alpha value is -0.410. The van der Waals surface area contributed by atoms with Crippen LogP contribution >= 0.6 is 50.7 Å². The molecule has 0 radical (unpaired) electrons. The molecule has 0 aliphatic carbocycles. The first-order valence-electron chi connectivity index (χ1n) is 6.04. The highest BCUT2D eigenvalue weighted by Crippen LogP contribution is 2.36. The fourth-order valence-electron chi connectivity index (χ4n) is 1.81. The molecule has 0 amide bonds. The predicted molar refractivity (Wildman–Crippen MR) is 89.5 cm³/mol. The van der Waals surface area contributed by atoms with Gasteiger partial charge in [0.05, 0.1) is 26.5 Å². The lowest BCUT2D eigenvalue weighted by Crippen LogP contribution is -1.96. The van der Waals surface area contributed by atoms with E-state index in [0.717, 1.165) is 21.3 Å². The maximum atomic E-state index is 6.49. The predicted octanol–water partition coefficient (Wildman–Crippen LogP) is 6.48. The average molecular weight is 395 g/mol. The molecule has 0 fully saturated rings.